The number of ether oxygens (including phenoxy) is 1. The Morgan fingerprint density at radius 3 is 2.78 bits per heavy atom. The maximum absolute atomic E-state index is 5.45. The number of hydrogen-bond acceptors (Lipinski definition) is 3. The van der Waals surface area contributed by atoms with Gasteiger partial charge in [0.25, 0.3) is 0 Å². The molecule has 0 radical (unpaired) electrons. The summed E-state index contributed by atoms with van der Waals surface area (Å²) in [4.78, 5) is 4.57. The zero-order chi connectivity index (χ0) is 13.0. The van der Waals surface area contributed by atoms with Crippen molar-refractivity contribution in [3.8, 4) is 0 Å². The molecule has 5 heteroatoms. The van der Waals surface area contributed by atoms with E-state index in [9.17, 15) is 0 Å². The summed E-state index contributed by atoms with van der Waals surface area (Å²) in [5.41, 5.74) is 1.10. The molecule has 0 spiro atoms. The first-order chi connectivity index (χ1) is 8.72. The predicted octanol–water partition coefficient (Wildman–Crippen LogP) is 3.68. The number of aromatic nitrogens is 1. The van der Waals surface area contributed by atoms with E-state index in [1.54, 1.807) is 0 Å². The molecule has 0 aromatic carbocycles. The molecule has 1 aliphatic rings. The summed E-state index contributed by atoms with van der Waals surface area (Å²) in [6, 6.07) is 2.37. The highest BCUT2D eigenvalue weighted by Crippen LogP contribution is 2.33. The first-order valence-corrected chi connectivity index (χ1v) is 7.93. The largest absolute Gasteiger partial charge is 0.381 e. The van der Waals surface area contributed by atoms with Crippen LogP contribution >= 0.6 is 31.9 Å². The summed E-state index contributed by atoms with van der Waals surface area (Å²) < 4.78 is 7.51. The van der Waals surface area contributed by atoms with Gasteiger partial charge in [0.15, 0.2) is 0 Å². The fourth-order valence-corrected chi connectivity index (χ4v) is 3.64. The molecule has 0 bridgehead atoms. The number of nitrogens with one attached hydrogen (secondary N) is 1. The minimum atomic E-state index is 0.307. The van der Waals surface area contributed by atoms with Gasteiger partial charge >= 0.3 is 0 Å². The third-order valence-electron chi connectivity index (χ3n) is 3.29. The molecule has 1 fully saturated rings. The Balaban J connectivity index is 2.22. The van der Waals surface area contributed by atoms with Gasteiger partial charge in [0.05, 0.1) is 11.7 Å². The van der Waals surface area contributed by atoms with Crippen LogP contribution in [0.4, 0.5) is 0 Å². The summed E-state index contributed by atoms with van der Waals surface area (Å²) in [5.74, 6) is 0.601. The van der Waals surface area contributed by atoms with E-state index in [1.165, 1.54) is 0 Å². The van der Waals surface area contributed by atoms with Crippen LogP contribution in [0.2, 0.25) is 0 Å². The Morgan fingerprint density at radius 2 is 2.17 bits per heavy atom. The van der Waals surface area contributed by atoms with Crippen molar-refractivity contribution in [2.45, 2.75) is 25.8 Å². The predicted molar refractivity (Wildman–Crippen MR) is 79.6 cm³/mol. The molecule has 18 heavy (non-hydrogen) atoms. The van der Waals surface area contributed by atoms with E-state index in [0.717, 1.165) is 47.2 Å². The van der Waals surface area contributed by atoms with E-state index >= 15 is 0 Å². The molecule has 0 amide bonds. The van der Waals surface area contributed by atoms with E-state index in [2.05, 4.69) is 55.2 Å². The number of nitrogens with zero attached hydrogens (tertiary/aromatic N) is 1. The van der Waals surface area contributed by atoms with Gasteiger partial charge in [-0.05, 0) is 63.2 Å². The number of hydrogen-bond donors (Lipinski definition) is 1. The molecule has 1 aliphatic heterocycles. The van der Waals surface area contributed by atoms with Crippen LogP contribution in [0.1, 0.15) is 31.5 Å². The van der Waals surface area contributed by atoms with Gasteiger partial charge in [-0.2, -0.15) is 0 Å². The lowest BCUT2D eigenvalue weighted by Crippen LogP contribution is -2.33. The molecular weight excluding hydrogens is 360 g/mol. The monoisotopic (exact) mass is 376 g/mol. The third-order valence-corrected chi connectivity index (χ3v) is 4.36. The summed E-state index contributed by atoms with van der Waals surface area (Å²) in [7, 11) is 0. The normalized spacial score (nSPS) is 18.8. The zero-order valence-corrected chi connectivity index (χ0v) is 13.6. The minimum Gasteiger partial charge on any atom is -0.381 e. The van der Waals surface area contributed by atoms with Crippen molar-refractivity contribution in [3.05, 3.63) is 26.9 Å². The highest BCUT2D eigenvalue weighted by atomic mass is 79.9. The van der Waals surface area contributed by atoms with Gasteiger partial charge in [-0.3, -0.25) is 4.98 Å². The Labute approximate surface area is 125 Å². The van der Waals surface area contributed by atoms with Crippen LogP contribution in [0.15, 0.2) is 21.2 Å². The second-order valence-corrected chi connectivity index (χ2v) is 6.28. The second kappa shape index (κ2) is 6.98. The lowest BCUT2D eigenvalue weighted by molar-refractivity contribution is 0.0532. The van der Waals surface area contributed by atoms with Crippen LogP contribution < -0.4 is 5.32 Å². The van der Waals surface area contributed by atoms with Crippen molar-refractivity contribution in [2.75, 3.05) is 19.8 Å². The van der Waals surface area contributed by atoms with Crippen molar-refractivity contribution in [1.82, 2.24) is 10.3 Å². The van der Waals surface area contributed by atoms with Gasteiger partial charge in [-0.25, -0.2) is 0 Å². The Kier molecular flexibility index (Phi) is 5.60. The molecule has 0 aliphatic carbocycles. The van der Waals surface area contributed by atoms with Gasteiger partial charge in [0.2, 0.25) is 0 Å². The van der Waals surface area contributed by atoms with Crippen molar-refractivity contribution in [2.24, 2.45) is 5.92 Å². The quantitative estimate of drug-likeness (QED) is 0.868. The molecule has 2 heterocycles. The van der Waals surface area contributed by atoms with Gasteiger partial charge < -0.3 is 10.1 Å². The first-order valence-electron chi connectivity index (χ1n) is 6.34. The molecule has 1 atom stereocenters. The van der Waals surface area contributed by atoms with Gasteiger partial charge in [-0.15, -0.1) is 0 Å². The molecule has 100 valence electrons. The topological polar surface area (TPSA) is 34.2 Å². The lowest BCUT2D eigenvalue weighted by atomic mass is 9.89. The van der Waals surface area contributed by atoms with Gasteiger partial charge in [0.1, 0.15) is 0 Å². The van der Waals surface area contributed by atoms with Crippen molar-refractivity contribution >= 4 is 31.9 Å². The van der Waals surface area contributed by atoms with Gasteiger partial charge in [-0.1, -0.05) is 6.92 Å². The average molecular weight is 378 g/mol. The molecule has 2 rings (SSSR count). The highest BCUT2D eigenvalue weighted by Gasteiger charge is 2.27. The lowest BCUT2D eigenvalue weighted by Gasteiger charge is -2.31. The van der Waals surface area contributed by atoms with E-state index in [-0.39, 0.29) is 0 Å². The van der Waals surface area contributed by atoms with Crippen LogP contribution in [0.5, 0.6) is 0 Å². The van der Waals surface area contributed by atoms with E-state index < -0.39 is 0 Å². The summed E-state index contributed by atoms with van der Waals surface area (Å²) in [6.45, 7) is 4.81. The first kappa shape index (κ1) is 14.4. The van der Waals surface area contributed by atoms with E-state index in [0.29, 0.717) is 12.0 Å². The van der Waals surface area contributed by atoms with Crippen molar-refractivity contribution in [3.63, 3.8) is 0 Å². The Hall–Kier alpha value is 0.0300. The molecule has 1 aromatic rings. The zero-order valence-electron chi connectivity index (χ0n) is 10.5. The van der Waals surface area contributed by atoms with E-state index in [1.807, 2.05) is 6.20 Å². The van der Waals surface area contributed by atoms with Crippen LogP contribution in [0.3, 0.4) is 0 Å². The Bertz CT molecular complexity index is 395. The Morgan fingerprint density at radius 1 is 1.44 bits per heavy atom. The second-order valence-electron chi connectivity index (χ2n) is 4.51. The molecule has 1 saturated heterocycles. The van der Waals surface area contributed by atoms with Crippen LogP contribution in [-0.4, -0.2) is 24.7 Å². The van der Waals surface area contributed by atoms with E-state index in [4.69, 9.17) is 4.74 Å². The van der Waals surface area contributed by atoms with Gasteiger partial charge in [0, 0.05) is 28.4 Å². The summed E-state index contributed by atoms with van der Waals surface area (Å²) >= 11 is 7.07. The van der Waals surface area contributed by atoms with Crippen molar-refractivity contribution < 1.29 is 4.74 Å². The summed E-state index contributed by atoms with van der Waals surface area (Å²) in [6.07, 6.45) is 4.06. The smallest absolute Gasteiger partial charge is 0.0718 e. The minimum absolute atomic E-state index is 0.307. The maximum atomic E-state index is 5.45. The number of rotatable bonds is 4. The number of pyridine rings is 1. The van der Waals surface area contributed by atoms with Crippen LogP contribution in [0, 0.1) is 5.92 Å². The third kappa shape index (κ3) is 3.53. The summed E-state index contributed by atoms with van der Waals surface area (Å²) in [5, 5.41) is 3.57. The molecule has 1 aromatic heterocycles. The fourth-order valence-electron chi connectivity index (χ4n) is 2.41. The average Bonchev–Trinajstić information content (AvgIpc) is 2.38. The molecule has 1 unspecified atom stereocenters. The molecular formula is C13H18Br2N2O. The highest BCUT2D eigenvalue weighted by molar-refractivity contribution is 9.11. The standard InChI is InChI=1S/C13H18Br2N2O/c1-2-16-12(9-3-5-18-6-4-9)13-11(15)7-10(14)8-17-13/h7-9,12,16H,2-6H2,1H3. The molecule has 0 saturated carbocycles. The van der Waals surface area contributed by atoms with Crippen LogP contribution in [0.25, 0.3) is 0 Å². The van der Waals surface area contributed by atoms with Crippen molar-refractivity contribution in [1.29, 1.82) is 0 Å². The van der Waals surface area contributed by atoms with Crippen LogP contribution in [-0.2, 0) is 4.74 Å². The molecule has 3 nitrogen and oxygen atoms in total. The molecule has 1 N–H and O–H groups in total. The maximum Gasteiger partial charge on any atom is 0.0718 e. The SMILES string of the molecule is CCNC(c1ncc(Br)cc1Br)C1CCOCC1. The fraction of sp³-hybridized carbons (Fsp3) is 0.615. The number of halogens is 2.